The van der Waals surface area contributed by atoms with Gasteiger partial charge in [-0.25, -0.2) is 14.8 Å². The number of carboxylic acids is 1. The van der Waals surface area contributed by atoms with Crippen molar-refractivity contribution in [2.24, 2.45) is 0 Å². The van der Waals surface area contributed by atoms with E-state index in [1.54, 1.807) is 18.9 Å². The molecular weight excluding hydrogens is 230 g/mol. The molecule has 0 aliphatic heterocycles. The zero-order valence-corrected chi connectivity index (χ0v) is 10.6. The van der Waals surface area contributed by atoms with Crippen LogP contribution in [0.5, 0.6) is 0 Å². The van der Waals surface area contributed by atoms with E-state index >= 15 is 0 Å². The fourth-order valence-corrected chi connectivity index (χ4v) is 1.76. The van der Waals surface area contributed by atoms with E-state index < -0.39 is 12.0 Å². The molecule has 5 heteroatoms. The number of aliphatic carboxylic acids is 1. The molecule has 0 aliphatic rings. The van der Waals surface area contributed by atoms with Gasteiger partial charge in [-0.05, 0) is 26.0 Å². The van der Waals surface area contributed by atoms with Gasteiger partial charge < -0.3 is 10.0 Å². The average Bonchev–Trinajstić information content (AvgIpc) is 2.36. The molecule has 0 spiro atoms. The van der Waals surface area contributed by atoms with E-state index in [-0.39, 0.29) is 0 Å². The number of likely N-dealkylation sites (N-methyl/N-ethyl adjacent to an activating group) is 1. The molecular formula is C13H15N3O2. The molecule has 1 aromatic heterocycles. The zero-order chi connectivity index (χ0) is 13.3. The second-order valence-corrected chi connectivity index (χ2v) is 4.25. The summed E-state index contributed by atoms with van der Waals surface area (Å²) in [6.07, 6.45) is 0. The molecule has 94 valence electrons. The molecule has 1 unspecified atom stereocenters. The summed E-state index contributed by atoms with van der Waals surface area (Å²) in [5.41, 5.74) is 2.31. The van der Waals surface area contributed by atoms with Gasteiger partial charge >= 0.3 is 5.97 Å². The number of hydrogen-bond acceptors (Lipinski definition) is 4. The number of carbonyl (C=O) groups is 1. The Morgan fingerprint density at radius 2 is 1.83 bits per heavy atom. The number of nitrogens with zero attached hydrogens (tertiary/aromatic N) is 3. The Morgan fingerprint density at radius 1 is 1.28 bits per heavy atom. The second-order valence-electron chi connectivity index (χ2n) is 4.25. The quantitative estimate of drug-likeness (QED) is 0.893. The molecule has 1 N–H and O–H groups in total. The first-order valence-corrected chi connectivity index (χ1v) is 5.69. The summed E-state index contributed by atoms with van der Waals surface area (Å²) >= 11 is 0. The molecule has 0 saturated heterocycles. The van der Waals surface area contributed by atoms with Crippen molar-refractivity contribution in [1.29, 1.82) is 0 Å². The summed E-state index contributed by atoms with van der Waals surface area (Å²) in [4.78, 5) is 21.5. The van der Waals surface area contributed by atoms with Crippen molar-refractivity contribution >= 4 is 22.8 Å². The Bertz CT molecular complexity index is 598. The van der Waals surface area contributed by atoms with Gasteiger partial charge in [-0.2, -0.15) is 0 Å². The van der Waals surface area contributed by atoms with Crippen LogP contribution in [0.2, 0.25) is 0 Å². The Kier molecular flexibility index (Phi) is 3.14. The highest BCUT2D eigenvalue weighted by Crippen LogP contribution is 2.20. The summed E-state index contributed by atoms with van der Waals surface area (Å²) in [7, 11) is 1.71. The van der Waals surface area contributed by atoms with Crippen LogP contribution in [0.1, 0.15) is 12.6 Å². The van der Waals surface area contributed by atoms with Gasteiger partial charge in [0.15, 0.2) is 5.82 Å². The Labute approximate surface area is 105 Å². The number of aryl methyl sites for hydroxylation is 1. The summed E-state index contributed by atoms with van der Waals surface area (Å²) in [5, 5.41) is 9.03. The third-order valence-corrected chi connectivity index (χ3v) is 2.99. The molecule has 1 aromatic carbocycles. The highest BCUT2D eigenvalue weighted by molar-refractivity contribution is 5.80. The molecule has 0 saturated carbocycles. The maximum absolute atomic E-state index is 11.0. The van der Waals surface area contributed by atoms with Gasteiger partial charge in [0, 0.05) is 7.05 Å². The fraction of sp³-hybridized carbons (Fsp3) is 0.308. The lowest BCUT2D eigenvalue weighted by atomic mass is 10.2. The van der Waals surface area contributed by atoms with Crippen molar-refractivity contribution in [1.82, 2.24) is 9.97 Å². The van der Waals surface area contributed by atoms with Crippen molar-refractivity contribution in [2.75, 3.05) is 11.9 Å². The van der Waals surface area contributed by atoms with Crippen LogP contribution < -0.4 is 4.90 Å². The van der Waals surface area contributed by atoms with E-state index in [9.17, 15) is 4.79 Å². The van der Waals surface area contributed by atoms with Crippen molar-refractivity contribution < 1.29 is 9.90 Å². The first-order valence-electron chi connectivity index (χ1n) is 5.69. The summed E-state index contributed by atoms with van der Waals surface area (Å²) in [5.74, 6) is -0.282. The van der Waals surface area contributed by atoms with Gasteiger partial charge in [-0.15, -0.1) is 0 Å². The molecule has 0 amide bonds. The van der Waals surface area contributed by atoms with Crippen LogP contribution in [0.25, 0.3) is 11.0 Å². The number of para-hydroxylation sites is 2. The van der Waals surface area contributed by atoms with Crippen LogP contribution in [0.3, 0.4) is 0 Å². The highest BCUT2D eigenvalue weighted by Gasteiger charge is 2.20. The third-order valence-electron chi connectivity index (χ3n) is 2.99. The predicted molar refractivity (Wildman–Crippen MR) is 69.8 cm³/mol. The van der Waals surface area contributed by atoms with Gasteiger partial charge in [0.25, 0.3) is 0 Å². The average molecular weight is 245 g/mol. The van der Waals surface area contributed by atoms with E-state index in [1.807, 2.05) is 31.2 Å². The van der Waals surface area contributed by atoms with Crippen LogP contribution in [0, 0.1) is 6.92 Å². The molecule has 1 heterocycles. The minimum atomic E-state index is -0.883. The first kappa shape index (κ1) is 12.3. The molecule has 18 heavy (non-hydrogen) atoms. The van der Waals surface area contributed by atoms with E-state index in [1.165, 1.54) is 0 Å². The van der Waals surface area contributed by atoms with Crippen molar-refractivity contribution in [3.63, 3.8) is 0 Å². The van der Waals surface area contributed by atoms with Crippen LogP contribution in [-0.4, -0.2) is 34.1 Å². The highest BCUT2D eigenvalue weighted by atomic mass is 16.4. The van der Waals surface area contributed by atoms with Crippen LogP contribution in [-0.2, 0) is 4.79 Å². The molecule has 2 rings (SSSR count). The zero-order valence-electron chi connectivity index (χ0n) is 10.6. The normalized spacial score (nSPS) is 12.4. The molecule has 1 atom stereocenters. The largest absolute Gasteiger partial charge is 0.480 e. The Morgan fingerprint density at radius 3 is 2.39 bits per heavy atom. The lowest BCUT2D eigenvalue weighted by Gasteiger charge is -2.23. The monoisotopic (exact) mass is 245 g/mol. The smallest absolute Gasteiger partial charge is 0.326 e. The third kappa shape index (κ3) is 2.11. The molecule has 0 radical (unpaired) electrons. The maximum Gasteiger partial charge on any atom is 0.326 e. The van der Waals surface area contributed by atoms with Gasteiger partial charge in [0.05, 0.1) is 16.7 Å². The number of carboxylic acid groups (broad SMARTS) is 1. The summed E-state index contributed by atoms with van der Waals surface area (Å²) in [6, 6.07) is 6.90. The number of fused-ring (bicyclic) bond motifs is 1. The van der Waals surface area contributed by atoms with Crippen LogP contribution >= 0.6 is 0 Å². The Hall–Kier alpha value is -2.17. The number of benzene rings is 1. The topological polar surface area (TPSA) is 66.3 Å². The summed E-state index contributed by atoms with van der Waals surface area (Å²) in [6.45, 7) is 3.46. The minimum absolute atomic E-state index is 0.601. The van der Waals surface area contributed by atoms with E-state index in [0.717, 1.165) is 16.7 Å². The Balaban J connectivity index is 2.50. The minimum Gasteiger partial charge on any atom is -0.480 e. The SMILES string of the molecule is Cc1nc2ccccc2nc1N(C)C(C)C(=O)O. The number of anilines is 1. The van der Waals surface area contributed by atoms with E-state index in [4.69, 9.17) is 5.11 Å². The lowest BCUT2D eigenvalue weighted by molar-refractivity contribution is -0.138. The number of rotatable bonds is 3. The molecule has 5 nitrogen and oxygen atoms in total. The van der Waals surface area contributed by atoms with Gasteiger partial charge in [-0.1, -0.05) is 12.1 Å². The lowest BCUT2D eigenvalue weighted by Crippen LogP contribution is -2.36. The van der Waals surface area contributed by atoms with Crippen LogP contribution in [0.4, 0.5) is 5.82 Å². The molecule has 0 bridgehead atoms. The first-order chi connectivity index (χ1) is 8.50. The summed E-state index contributed by atoms with van der Waals surface area (Å²) < 4.78 is 0. The predicted octanol–water partition coefficient (Wildman–Crippen LogP) is 1.85. The van der Waals surface area contributed by atoms with Gasteiger partial charge in [-0.3, -0.25) is 0 Å². The van der Waals surface area contributed by atoms with Crippen molar-refractivity contribution in [3.8, 4) is 0 Å². The van der Waals surface area contributed by atoms with E-state index in [0.29, 0.717) is 5.82 Å². The van der Waals surface area contributed by atoms with Crippen molar-refractivity contribution in [2.45, 2.75) is 19.9 Å². The molecule has 0 fully saturated rings. The van der Waals surface area contributed by atoms with Gasteiger partial charge in [0.2, 0.25) is 0 Å². The second kappa shape index (κ2) is 4.60. The number of aromatic nitrogens is 2. The molecule has 0 aliphatic carbocycles. The van der Waals surface area contributed by atoms with Crippen LogP contribution in [0.15, 0.2) is 24.3 Å². The van der Waals surface area contributed by atoms with Gasteiger partial charge in [0.1, 0.15) is 6.04 Å². The molecule has 2 aromatic rings. The standard InChI is InChI=1S/C13H15N3O2/c1-8-12(16(3)9(2)13(17)18)15-11-7-5-4-6-10(11)14-8/h4-7,9H,1-3H3,(H,17,18). The van der Waals surface area contributed by atoms with E-state index in [2.05, 4.69) is 9.97 Å². The number of hydrogen-bond donors (Lipinski definition) is 1. The maximum atomic E-state index is 11.0. The van der Waals surface area contributed by atoms with Crippen molar-refractivity contribution in [3.05, 3.63) is 30.0 Å². The fourth-order valence-electron chi connectivity index (χ4n) is 1.76.